The molecule has 1 amide bonds. The van der Waals surface area contributed by atoms with E-state index in [4.69, 9.17) is 4.74 Å². The number of aryl methyl sites for hydroxylation is 2. The summed E-state index contributed by atoms with van der Waals surface area (Å²) in [5, 5.41) is 0. The minimum Gasteiger partial charge on any atom is -0.466 e. The maximum Gasteiger partial charge on any atom is 0.305 e. The first-order chi connectivity index (χ1) is 14.1. The number of para-hydroxylation sites is 1. The summed E-state index contributed by atoms with van der Waals surface area (Å²) >= 11 is 1.53. The van der Waals surface area contributed by atoms with Gasteiger partial charge in [0.1, 0.15) is 0 Å². The Kier molecular flexibility index (Phi) is 7.36. The summed E-state index contributed by atoms with van der Waals surface area (Å²) in [6, 6.07) is 15.6. The van der Waals surface area contributed by atoms with Crippen LogP contribution in [0.5, 0.6) is 0 Å². The number of esters is 1. The minimum absolute atomic E-state index is 0.138. The van der Waals surface area contributed by atoms with Crippen molar-refractivity contribution in [3.05, 3.63) is 64.5 Å². The fraction of sp³-hybridized carbons (Fsp3) is 0.348. The van der Waals surface area contributed by atoms with Gasteiger partial charge >= 0.3 is 5.97 Å². The van der Waals surface area contributed by atoms with Gasteiger partial charge in [-0.15, -0.1) is 0 Å². The molecule has 3 rings (SSSR count). The summed E-state index contributed by atoms with van der Waals surface area (Å²) in [5.74, 6) is -0.367. The van der Waals surface area contributed by atoms with Gasteiger partial charge in [0, 0.05) is 18.5 Å². The van der Waals surface area contributed by atoms with E-state index in [1.54, 1.807) is 0 Å². The van der Waals surface area contributed by atoms with Crippen LogP contribution in [0.4, 0.5) is 0 Å². The van der Waals surface area contributed by atoms with Gasteiger partial charge in [0.25, 0.3) is 5.91 Å². The lowest BCUT2D eigenvalue weighted by atomic mass is 10.1. The van der Waals surface area contributed by atoms with Crippen molar-refractivity contribution in [3.63, 3.8) is 0 Å². The number of thiazole rings is 1. The van der Waals surface area contributed by atoms with E-state index in [0.717, 1.165) is 41.6 Å². The van der Waals surface area contributed by atoms with Crippen molar-refractivity contribution in [3.8, 4) is 0 Å². The summed E-state index contributed by atoms with van der Waals surface area (Å²) in [4.78, 5) is 29.2. The molecule has 2 aromatic carbocycles. The largest absolute Gasteiger partial charge is 0.466 e. The Morgan fingerprint density at radius 3 is 2.55 bits per heavy atom. The third-order valence-corrected chi connectivity index (χ3v) is 5.71. The van der Waals surface area contributed by atoms with E-state index in [-0.39, 0.29) is 11.9 Å². The number of hydrogen-bond acceptors (Lipinski definition) is 4. The van der Waals surface area contributed by atoms with Crippen LogP contribution in [0.25, 0.3) is 10.2 Å². The SMILES string of the molecule is CCOC(=O)CCCCCn1c(=NC(=O)c2ccc(C)cc2)sc2ccccc21. The summed E-state index contributed by atoms with van der Waals surface area (Å²) in [7, 11) is 0. The summed E-state index contributed by atoms with van der Waals surface area (Å²) in [6.07, 6.45) is 3.08. The number of carbonyl (C=O) groups excluding carboxylic acids is 2. The van der Waals surface area contributed by atoms with Crippen LogP contribution in [0.3, 0.4) is 0 Å². The Morgan fingerprint density at radius 2 is 1.79 bits per heavy atom. The highest BCUT2D eigenvalue weighted by Gasteiger charge is 2.09. The molecule has 0 radical (unpaired) electrons. The molecule has 0 saturated heterocycles. The molecule has 152 valence electrons. The molecule has 1 aromatic heterocycles. The van der Waals surface area contributed by atoms with Gasteiger partial charge in [0.2, 0.25) is 0 Å². The molecule has 0 fully saturated rings. The van der Waals surface area contributed by atoms with E-state index >= 15 is 0 Å². The fourth-order valence-electron chi connectivity index (χ4n) is 3.12. The topological polar surface area (TPSA) is 60.7 Å². The van der Waals surface area contributed by atoms with Crippen molar-refractivity contribution in [2.75, 3.05) is 6.61 Å². The monoisotopic (exact) mass is 410 g/mol. The van der Waals surface area contributed by atoms with Gasteiger partial charge in [-0.1, -0.05) is 47.6 Å². The number of hydrogen-bond donors (Lipinski definition) is 0. The lowest BCUT2D eigenvalue weighted by Crippen LogP contribution is -2.17. The van der Waals surface area contributed by atoms with Crippen LogP contribution >= 0.6 is 11.3 Å². The average molecular weight is 411 g/mol. The zero-order chi connectivity index (χ0) is 20.6. The molecule has 0 aliphatic rings. The number of amides is 1. The summed E-state index contributed by atoms with van der Waals surface area (Å²) < 4.78 is 8.18. The maximum absolute atomic E-state index is 12.6. The Morgan fingerprint density at radius 1 is 1.03 bits per heavy atom. The third kappa shape index (κ3) is 5.64. The van der Waals surface area contributed by atoms with E-state index in [2.05, 4.69) is 15.6 Å². The van der Waals surface area contributed by atoms with Crippen molar-refractivity contribution in [1.29, 1.82) is 0 Å². The van der Waals surface area contributed by atoms with Crippen LogP contribution in [0.1, 0.15) is 48.5 Å². The Bertz CT molecular complexity index is 1050. The number of ether oxygens (including phenoxy) is 1. The fourth-order valence-corrected chi connectivity index (χ4v) is 4.17. The second kappa shape index (κ2) is 10.2. The molecule has 29 heavy (non-hydrogen) atoms. The molecule has 3 aromatic rings. The third-order valence-electron chi connectivity index (χ3n) is 4.65. The van der Waals surface area contributed by atoms with E-state index in [1.807, 2.05) is 56.3 Å². The van der Waals surface area contributed by atoms with Crippen LogP contribution in [0.15, 0.2) is 53.5 Å². The van der Waals surface area contributed by atoms with Crippen LogP contribution in [0, 0.1) is 6.92 Å². The van der Waals surface area contributed by atoms with Gasteiger partial charge in [0.15, 0.2) is 4.80 Å². The quantitative estimate of drug-likeness (QED) is 0.393. The molecule has 0 atom stereocenters. The number of aromatic nitrogens is 1. The Balaban J connectivity index is 1.76. The smallest absolute Gasteiger partial charge is 0.305 e. The van der Waals surface area contributed by atoms with Crippen LogP contribution in [0.2, 0.25) is 0 Å². The molecule has 0 unspecified atom stereocenters. The molecule has 0 spiro atoms. The van der Waals surface area contributed by atoms with Gasteiger partial charge in [0.05, 0.1) is 16.8 Å². The lowest BCUT2D eigenvalue weighted by molar-refractivity contribution is -0.143. The van der Waals surface area contributed by atoms with E-state index in [0.29, 0.717) is 23.4 Å². The number of carbonyl (C=O) groups is 2. The van der Waals surface area contributed by atoms with Crippen LogP contribution in [-0.2, 0) is 16.1 Å². The van der Waals surface area contributed by atoms with Gasteiger partial charge in [-0.05, 0) is 51.0 Å². The molecule has 0 bridgehead atoms. The van der Waals surface area contributed by atoms with Crippen molar-refractivity contribution in [2.45, 2.75) is 46.1 Å². The molecular weight excluding hydrogens is 384 g/mol. The maximum atomic E-state index is 12.6. The number of rotatable bonds is 8. The highest BCUT2D eigenvalue weighted by Crippen LogP contribution is 2.18. The molecule has 0 aliphatic carbocycles. The number of fused-ring (bicyclic) bond motifs is 1. The lowest BCUT2D eigenvalue weighted by Gasteiger charge is -2.06. The number of unbranched alkanes of at least 4 members (excludes halogenated alkanes) is 2. The highest BCUT2D eigenvalue weighted by atomic mass is 32.1. The van der Waals surface area contributed by atoms with Crippen LogP contribution in [-0.4, -0.2) is 23.1 Å². The normalized spacial score (nSPS) is 11.7. The van der Waals surface area contributed by atoms with Gasteiger partial charge in [-0.2, -0.15) is 4.99 Å². The van der Waals surface area contributed by atoms with Gasteiger partial charge < -0.3 is 9.30 Å². The zero-order valence-electron chi connectivity index (χ0n) is 16.9. The first kappa shape index (κ1) is 21.0. The predicted octanol–water partition coefficient (Wildman–Crippen LogP) is 4.88. The van der Waals surface area contributed by atoms with Crippen molar-refractivity contribution in [1.82, 2.24) is 4.57 Å². The molecule has 1 heterocycles. The first-order valence-corrected chi connectivity index (χ1v) is 10.8. The van der Waals surface area contributed by atoms with E-state index in [1.165, 1.54) is 11.3 Å². The second-order valence-corrected chi connectivity index (χ2v) is 7.91. The molecular formula is C23H26N2O3S. The predicted molar refractivity (Wildman–Crippen MR) is 116 cm³/mol. The number of nitrogens with zero attached hydrogens (tertiary/aromatic N) is 2. The Labute approximate surface area is 174 Å². The summed E-state index contributed by atoms with van der Waals surface area (Å²) in [6.45, 7) is 4.99. The minimum atomic E-state index is -0.229. The number of benzene rings is 2. The van der Waals surface area contributed by atoms with Crippen LogP contribution < -0.4 is 4.80 Å². The Hall–Kier alpha value is -2.73. The van der Waals surface area contributed by atoms with Gasteiger partial charge in [-0.25, -0.2) is 0 Å². The molecule has 5 nitrogen and oxygen atoms in total. The van der Waals surface area contributed by atoms with E-state index < -0.39 is 0 Å². The average Bonchev–Trinajstić information content (AvgIpc) is 3.05. The standard InChI is InChI=1S/C23H26N2O3S/c1-3-28-21(26)11-5-4-8-16-25-19-9-6-7-10-20(19)29-23(25)24-22(27)18-14-12-17(2)13-15-18/h6-7,9-10,12-15H,3-5,8,11,16H2,1-2H3. The van der Waals surface area contributed by atoms with E-state index in [9.17, 15) is 9.59 Å². The zero-order valence-corrected chi connectivity index (χ0v) is 17.7. The van der Waals surface area contributed by atoms with Crippen molar-refractivity contribution in [2.24, 2.45) is 4.99 Å². The van der Waals surface area contributed by atoms with Gasteiger partial charge in [-0.3, -0.25) is 9.59 Å². The summed E-state index contributed by atoms with van der Waals surface area (Å²) in [5.41, 5.74) is 2.79. The molecule has 0 N–H and O–H groups in total. The molecule has 0 saturated carbocycles. The molecule has 0 aliphatic heterocycles. The second-order valence-electron chi connectivity index (χ2n) is 6.90. The molecule has 6 heteroatoms. The first-order valence-electron chi connectivity index (χ1n) is 9.98. The highest BCUT2D eigenvalue weighted by molar-refractivity contribution is 7.16. The van der Waals surface area contributed by atoms with Crippen molar-refractivity contribution >= 4 is 33.4 Å². The van der Waals surface area contributed by atoms with Crippen molar-refractivity contribution < 1.29 is 14.3 Å².